The molecule has 0 radical (unpaired) electrons. The maximum atomic E-state index is 10.4. The van der Waals surface area contributed by atoms with E-state index in [1.165, 1.54) is 0 Å². The fraction of sp³-hybridized carbons (Fsp3) is 0.375. The second-order valence-corrected chi connectivity index (χ2v) is 2.89. The summed E-state index contributed by atoms with van der Waals surface area (Å²) in [5.74, 6) is -0.937. The summed E-state index contributed by atoms with van der Waals surface area (Å²) >= 11 is 0. The highest BCUT2D eigenvalue weighted by atomic mass is 16.4. The minimum absolute atomic E-state index is 0.0933. The molecule has 3 N–H and O–H groups in total. The SMILES string of the molecule is O=CNC(CC(=O)O)Cc1cn[nH]c1. The molecule has 0 fully saturated rings. The van der Waals surface area contributed by atoms with Crippen molar-refractivity contribution < 1.29 is 14.7 Å². The summed E-state index contributed by atoms with van der Waals surface area (Å²) in [7, 11) is 0. The molecular formula is C8H11N3O3. The number of carboxylic acids is 1. The van der Waals surface area contributed by atoms with Crippen LogP contribution in [-0.2, 0) is 16.0 Å². The molecule has 6 heteroatoms. The monoisotopic (exact) mass is 197 g/mol. The normalized spacial score (nSPS) is 12.0. The highest BCUT2D eigenvalue weighted by Gasteiger charge is 2.13. The lowest BCUT2D eigenvalue weighted by Gasteiger charge is -2.11. The van der Waals surface area contributed by atoms with E-state index in [1.54, 1.807) is 12.4 Å². The van der Waals surface area contributed by atoms with Gasteiger partial charge in [-0.1, -0.05) is 0 Å². The van der Waals surface area contributed by atoms with Crippen molar-refractivity contribution in [3.8, 4) is 0 Å². The van der Waals surface area contributed by atoms with Gasteiger partial charge in [-0.05, 0) is 12.0 Å². The van der Waals surface area contributed by atoms with Crippen molar-refractivity contribution in [2.45, 2.75) is 18.9 Å². The number of carbonyl (C=O) groups is 2. The Morgan fingerprint density at radius 1 is 1.79 bits per heavy atom. The summed E-state index contributed by atoms with van der Waals surface area (Å²) in [6.45, 7) is 0. The smallest absolute Gasteiger partial charge is 0.305 e. The zero-order valence-electron chi connectivity index (χ0n) is 7.43. The Hall–Kier alpha value is -1.85. The first kappa shape index (κ1) is 10.2. The molecule has 0 spiro atoms. The average Bonchev–Trinajstić information content (AvgIpc) is 2.56. The number of carbonyl (C=O) groups excluding carboxylic acids is 1. The van der Waals surface area contributed by atoms with Gasteiger partial charge in [-0.25, -0.2) is 0 Å². The van der Waals surface area contributed by atoms with Gasteiger partial charge in [-0.15, -0.1) is 0 Å². The number of aromatic amines is 1. The topological polar surface area (TPSA) is 95.1 Å². The third-order valence-corrected chi connectivity index (χ3v) is 1.76. The number of rotatable bonds is 6. The number of nitrogens with zero attached hydrogens (tertiary/aromatic N) is 1. The van der Waals surface area contributed by atoms with Crippen LogP contribution in [0.15, 0.2) is 12.4 Å². The molecule has 0 aliphatic rings. The molecule has 1 heterocycles. The van der Waals surface area contributed by atoms with Gasteiger partial charge < -0.3 is 10.4 Å². The van der Waals surface area contributed by atoms with Gasteiger partial charge in [0, 0.05) is 12.2 Å². The van der Waals surface area contributed by atoms with Gasteiger partial charge >= 0.3 is 5.97 Å². The Kier molecular flexibility index (Phi) is 3.66. The van der Waals surface area contributed by atoms with Gasteiger partial charge in [-0.2, -0.15) is 5.10 Å². The van der Waals surface area contributed by atoms with Gasteiger partial charge in [0.15, 0.2) is 0 Å². The minimum Gasteiger partial charge on any atom is -0.481 e. The number of amides is 1. The predicted octanol–water partition coefficient (Wildman–Crippen LogP) is -0.459. The number of nitrogens with one attached hydrogen (secondary N) is 2. The predicted molar refractivity (Wildman–Crippen MR) is 47.5 cm³/mol. The molecule has 1 atom stereocenters. The van der Waals surface area contributed by atoms with Crippen molar-refractivity contribution in [2.75, 3.05) is 0 Å². The third kappa shape index (κ3) is 3.26. The Labute approximate surface area is 80.3 Å². The molecule has 0 aliphatic heterocycles. The van der Waals surface area contributed by atoms with Crippen LogP contribution in [0, 0.1) is 0 Å². The molecule has 0 aromatic carbocycles. The van der Waals surface area contributed by atoms with Crippen molar-refractivity contribution in [3.05, 3.63) is 18.0 Å². The molecule has 76 valence electrons. The standard InChI is InChI=1S/C8H11N3O3/c12-5-9-7(2-8(13)14)1-6-3-10-11-4-6/h3-5,7H,1-2H2,(H,9,12)(H,10,11)(H,13,14). The van der Waals surface area contributed by atoms with Crippen molar-refractivity contribution in [1.29, 1.82) is 0 Å². The highest BCUT2D eigenvalue weighted by Crippen LogP contribution is 2.03. The molecule has 0 saturated carbocycles. The van der Waals surface area contributed by atoms with Gasteiger partial charge in [0.25, 0.3) is 0 Å². The van der Waals surface area contributed by atoms with Crippen LogP contribution in [0.25, 0.3) is 0 Å². The van der Waals surface area contributed by atoms with E-state index in [1.807, 2.05) is 0 Å². The molecule has 1 unspecified atom stereocenters. The summed E-state index contributed by atoms with van der Waals surface area (Å²) < 4.78 is 0. The first-order chi connectivity index (χ1) is 6.72. The Bertz CT molecular complexity index is 297. The van der Waals surface area contributed by atoms with E-state index >= 15 is 0 Å². The number of aromatic nitrogens is 2. The molecule has 1 aromatic heterocycles. The fourth-order valence-electron chi connectivity index (χ4n) is 1.17. The molecule has 1 amide bonds. The van der Waals surface area contributed by atoms with Crippen LogP contribution in [0.4, 0.5) is 0 Å². The molecular weight excluding hydrogens is 186 g/mol. The molecule has 0 aliphatic carbocycles. The van der Waals surface area contributed by atoms with Crippen molar-refractivity contribution in [1.82, 2.24) is 15.5 Å². The summed E-state index contributed by atoms with van der Waals surface area (Å²) in [4.78, 5) is 20.6. The van der Waals surface area contributed by atoms with Crippen LogP contribution in [0.5, 0.6) is 0 Å². The van der Waals surface area contributed by atoms with Crippen LogP contribution in [0.1, 0.15) is 12.0 Å². The van der Waals surface area contributed by atoms with Crippen molar-refractivity contribution >= 4 is 12.4 Å². The van der Waals surface area contributed by atoms with E-state index in [2.05, 4.69) is 15.5 Å². The molecule has 14 heavy (non-hydrogen) atoms. The molecule has 1 aromatic rings. The largest absolute Gasteiger partial charge is 0.481 e. The molecule has 0 bridgehead atoms. The first-order valence-corrected chi connectivity index (χ1v) is 4.11. The Balaban J connectivity index is 2.50. The molecule has 0 saturated heterocycles. The second-order valence-electron chi connectivity index (χ2n) is 2.89. The zero-order valence-corrected chi connectivity index (χ0v) is 7.43. The fourth-order valence-corrected chi connectivity index (χ4v) is 1.17. The van der Waals surface area contributed by atoms with Crippen molar-refractivity contribution in [3.63, 3.8) is 0 Å². The van der Waals surface area contributed by atoms with Gasteiger partial charge in [0.05, 0.1) is 12.6 Å². The minimum atomic E-state index is -0.937. The lowest BCUT2D eigenvalue weighted by molar-refractivity contribution is -0.137. The van der Waals surface area contributed by atoms with E-state index in [-0.39, 0.29) is 12.5 Å². The van der Waals surface area contributed by atoms with Crippen LogP contribution >= 0.6 is 0 Å². The Morgan fingerprint density at radius 3 is 3.07 bits per heavy atom. The van der Waals surface area contributed by atoms with Crippen LogP contribution in [0.3, 0.4) is 0 Å². The summed E-state index contributed by atoms with van der Waals surface area (Å²) in [5.41, 5.74) is 0.866. The highest BCUT2D eigenvalue weighted by molar-refractivity contribution is 5.68. The van der Waals surface area contributed by atoms with E-state index in [0.29, 0.717) is 12.8 Å². The number of hydrogen-bond acceptors (Lipinski definition) is 3. The van der Waals surface area contributed by atoms with Gasteiger partial charge in [0.1, 0.15) is 0 Å². The van der Waals surface area contributed by atoms with E-state index in [0.717, 1.165) is 5.56 Å². The van der Waals surface area contributed by atoms with Crippen LogP contribution in [-0.4, -0.2) is 33.7 Å². The summed E-state index contributed by atoms with van der Waals surface area (Å²) in [6, 6.07) is -0.386. The lowest BCUT2D eigenvalue weighted by Crippen LogP contribution is -2.32. The number of carboxylic acid groups (broad SMARTS) is 1. The number of aliphatic carboxylic acids is 1. The van der Waals surface area contributed by atoms with E-state index in [9.17, 15) is 9.59 Å². The molecule has 6 nitrogen and oxygen atoms in total. The van der Waals surface area contributed by atoms with Gasteiger partial charge in [0.2, 0.25) is 6.41 Å². The van der Waals surface area contributed by atoms with E-state index in [4.69, 9.17) is 5.11 Å². The maximum absolute atomic E-state index is 10.4. The number of hydrogen-bond donors (Lipinski definition) is 3. The summed E-state index contributed by atoms with van der Waals surface area (Å²) in [6.07, 6.45) is 4.14. The third-order valence-electron chi connectivity index (χ3n) is 1.76. The molecule has 1 rings (SSSR count). The van der Waals surface area contributed by atoms with Crippen LogP contribution in [0.2, 0.25) is 0 Å². The summed E-state index contributed by atoms with van der Waals surface area (Å²) in [5, 5.41) is 17.4. The maximum Gasteiger partial charge on any atom is 0.305 e. The second kappa shape index (κ2) is 5.00. The Morgan fingerprint density at radius 2 is 2.57 bits per heavy atom. The van der Waals surface area contributed by atoms with Gasteiger partial charge in [-0.3, -0.25) is 14.7 Å². The first-order valence-electron chi connectivity index (χ1n) is 4.11. The van der Waals surface area contributed by atoms with E-state index < -0.39 is 5.97 Å². The average molecular weight is 197 g/mol. The van der Waals surface area contributed by atoms with Crippen molar-refractivity contribution in [2.24, 2.45) is 0 Å². The zero-order chi connectivity index (χ0) is 10.4. The van der Waals surface area contributed by atoms with Crippen LogP contribution < -0.4 is 5.32 Å². The number of H-pyrrole nitrogens is 1. The lowest BCUT2D eigenvalue weighted by atomic mass is 10.1. The quantitative estimate of drug-likeness (QED) is 0.538.